The normalized spacial score (nSPS) is 24.5. The Morgan fingerprint density at radius 3 is 2.36 bits per heavy atom. The summed E-state index contributed by atoms with van der Waals surface area (Å²) in [5.41, 5.74) is 3.16. The van der Waals surface area contributed by atoms with Gasteiger partial charge in [-0.1, -0.05) is 6.07 Å². The van der Waals surface area contributed by atoms with Crippen LogP contribution in [-0.4, -0.2) is 58.5 Å². The number of aromatic nitrogens is 2. The molecule has 1 aromatic carbocycles. The third kappa shape index (κ3) is 3.62. The summed E-state index contributed by atoms with van der Waals surface area (Å²) in [6.45, 7) is 4.14. The first kappa shape index (κ1) is 19.2. The van der Waals surface area contributed by atoms with Crippen molar-refractivity contribution in [3.05, 3.63) is 34.2 Å². The summed E-state index contributed by atoms with van der Waals surface area (Å²) < 4.78 is 1.98. The molecule has 1 aliphatic carbocycles. The predicted molar refractivity (Wildman–Crippen MR) is 112 cm³/mol. The minimum absolute atomic E-state index is 0.0155. The van der Waals surface area contributed by atoms with Gasteiger partial charge in [0.15, 0.2) is 0 Å². The highest BCUT2D eigenvalue weighted by atomic mass is 16.2. The van der Waals surface area contributed by atoms with E-state index in [1.807, 2.05) is 30.8 Å². The van der Waals surface area contributed by atoms with Gasteiger partial charge in [0.2, 0.25) is 5.91 Å². The molecule has 152 valence electrons. The van der Waals surface area contributed by atoms with Crippen molar-refractivity contribution in [2.45, 2.75) is 57.5 Å². The number of nitrogens with zero attached hydrogens (tertiary/aromatic N) is 3. The first-order valence-electron chi connectivity index (χ1n) is 10.6. The fraction of sp³-hybridized carbons (Fsp3) is 0.636. The van der Waals surface area contributed by atoms with Crippen molar-refractivity contribution in [3.8, 4) is 0 Å². The molecule has 1 aromatic heterocycles. The molecule has 0 bridgehead atoms. The van der Waals surface area contributed by atoms with Crippen LogP contribution in [0.1, 0.15) is 50.1 Å². The molecule has 2 heterocycles. The van der Waals surface area contributed by atoms with Crippen LogP contribution in [0.15, 0.2) is 23.0 Å². The molecular formula is C22H32N4O2. The van der Waals surface area contributed by atoms with Crippen molar-refractivity contribution in [3.63, 3.8) is 0 Å². The number of H-pyrrole nitrogens is 1. The molecule has 0 radical (unpaired) electrons. The standard InChI is InChI=1S/C22H32N4O2/c1-15-4-9-19-20(14-15)26(22(28)23-19)18-10-12-25(13-11-18)17-7-5-16(6-8-17)21(27)24(2)3/h4,9,14,16-18H,5-8,10-13H2,1-3H3,(H,23,28)/t16-,17-. The van der Waals surface area contributed by atoms with Crippen LogP contribution in [0.25, 0.3) is 11.0 Å². The number of carbonyl (C=O) groups is 1. The summed E-state index contributed by atoms with van der Waals surface area (Å²) in [6, 6.07) is 7.02. The van der Waals surface area contributed by atoms with E-state index in [0.29, 0.717) is 6.04 Å². The van der Waals surface area contributed by atoms with Gasteiger partial charge >= 0.3 is 5.69 Å². The van der Waals surface area contributed by atoms with Crippen LogP contribution in [0.3, 0.4) is 0 Å². The van der Waals surface area contributed by atoms with E-state index in [9.17, 15) is 9.59 Å². The largest absolute Gasteiger partial charge is 0.349 e. The monoisotopic (exact) mass is 384 g/mol. The van der Waals surface area contributed by atoms with Crippen LogP contribution in [0.5, 0.6) is 0 Å². The van der Waals surface area contributed by atoms with Gasteiger partial charge in [0.25, 0.3) is 0 Å². The van der Waals surface area contributed by atoms with Crippen molar-refractivity contribution in [2.24, 2.45) is 5.92 Å². The number of rotatable bonds is 3. The van der Waals surface area contributed by atoms with Crippen LogP contribution < -0.4 is 5.69 Å². The Bertz CT molecular complexity index is 897. The number of benzene rings is 1. The van der Waals surface area contributed by atoms with Crippen LogP contribution in [-0.2, 0) is 4.79 Å². The third-order valence-corrected chi connectivity index (χ3v) is 6.74. The summed E-state index contributed by atoms with van der Waals surface area (Å²) in [7, 11) is 3.71. The summed E-state index contributed by atoms with van der Waals surface area (Å²) >= 11 is 0. The van der Waals surface area contributed by atoms with Crippen LogP contribution >= 0.6 is 0 Å². The molecule has 2 fully saturated rings. The third-order valence-electron chi connectivity index (χ3n) is 6.74. The second-order valence-electron chi connectivity index (χ2n) is 8.83. The first-order valence-corrected chi connectivity index (χ1v) is 10.6. The van der Waals surface area contributed by atoms with Crippen LogP contribution in [0.2, 0.25) is 0 Å². The summed E-state index contributed by atoms with van der Waals surface area (Å²) in [6.07, 6.45) is 6.25. The zero-order valence-corrected chi connectivity index (χ0v) is 17.3. The smallest absolute Gasteiger partial charge is 0.326 e. The number of hydrogen-bond donors (Lipinski definition) is 1. The molecule has 1 N–H and O–H groups in total. The number of aromatic amines is 1. The molecule has 2 aliphatic rings. The van der Waals surface area contributed by atoms with Gasteiger partial charge in [-0.2, -0.15) is 0 Å². The Kier molecular flexibility index (Phi) is 5.32. The number of amides is 1. The van der Waals surface area contributed by atoms with Gasteiger partial charge in [-0.25, -0.2) is 4.79 Å². The highest BCUT2D eigenvalue weighted by Gasteiger charge is 2.32. The zero-order chi connectivity index (χ0) is 19.8. The SMILES string of the molecule is Cc1ccc2[nH]c(=O)n(C3CCN([C@H]4CC[C@H](C(=O)N(C)C)CC4)CC3)c2c1. The van der Waals surface area contributed by atoms with E-state index in [0.717, 1.165) is 62.6 Å². The number of hydrogen-bond acceptors (Lipinski definition) is 3. The van der Waals surface area contributed by atoms with Crippen LogP contribution in [0, 0.1) is 12.8 Å². The Morgan fingerprint density at radius 2 is 1.71 bits per heavy atom. The molecule has 28 heavy (non-hydrogen) atoms. The van der Waals surface area contributed by atoms with Gasteiger partial charge < -0.3 is 14.8 Å². The average molecular weight is 385 g/mol. The lowest BCUT2D eigenvalue weighted by Crippen LogP contribution is -2.45. The quantitative estimate of drug-likeness (QED) is 0.885. The van der Waals surface area contributed by atoms with Crippen molar-refractivity contribution < 1.29 is 4.79 Å². The van der Waals surface area contributed by atoms with Crippen molar-refractivity contribution >= 4 is 16.9 Å². The molecule has 0 atom stereocenters. The van der Waals surface area contributed by atoms with Gasteiger partial charge in [-0.3, -0.25) is 9.36 Å². The number of likely N-dealkylation sites (tertiary alicyclic amines) is 1. The molecule has 0 spiro atoms. The summed E-state index contributed by atoms with van der Waals surface area (Å²) in [5.74, 6) is 0.489. The summed E-state index contributed by atoms with van der Waals surface area (Å²) in [5, 5.41) is 0. The zero-order valence-electron chi connectivity index (χ0n) is 17.3. The maximum Gasteiger partial charge on any atom is 0.326 e. The Hall–Kier alpha value is -2.08. The second kappa shape index (κ2) is 7.74. The highest BCUT2D eigenvalue weighted by Crippen LogP contribution is 2.32. The lowest BCUT2D eigenvalue weighted by Gasteiger charge is -2.41. The molecule has 4 rings (SSSR count). The minimum Gasteiger partial charge on any atom is -0.349 e. The lowest BCUT2D eigenvalue weighted by atomic mass is 9.84. The number of nitrogens with one attached hydrogen (secondary N) is 1. The Balaban J connectivity index is 1.38. The average Bonchev–Trinajstić information content (AvgIpc) is 3.02. The van der Waals surface area contributed by atoms with E-state index < -0.39 is 0 Å². The van der Waals surface area contributed by atoms with Gasteiger partial charge in [0, 0.05) is 45.2 Å². The molecule has 1 saturated carbocycles. The Labute approximate surface area is 166 Å². The van der Waals surface area contributed by atoms with Crippen molar-refractivity contribution in [1.29, 1.82) is 0 Å². The number of aryl methyl sites for hydroxylation is 1. The maximum absolute atomic E-state index is 12.5. The van der Waals surface area contributed by atoms with Crippen molar-refractivity contribution in [1.82, 2.24) is 19.4 Å². The van der Waals surface area contributed by atoms with Crippen LogP contribution in [0.4, 0.5) is 0 Å². The molecule has 1 saturated heterocycles. The highest BCUT2D eigenvalue weighted by molar-refractivity contribution is 5.78. The van der Waals surface area contributed by atoms with Gasteiger partial charge in [-0.15, -0.1) is 0 Å². The van der Waals surface area contributed by atoms with E-state index in [4.69, 9.17) is 0 Å². The lowest BCUT2D eigenvalue weighted by molar-refractivity contribution is -0.134. The predicted octanol–water partition coefficient (Wildman–Crippen LogP) is 2.92. The van der Waals surface area contributed by atoms with Gasteiger partial charge in [0.05, 0.1) is 11.0 Å². The molecule has 1 aliphatic heterocycles. The van der Waals surface area contributed by atoms with E-state index in [2.05, 4.69) is 22.9 Å². The van der Waals surface area contributed by atoms with Gasteiger partial charge in [-0.05, 0) is 63.1 Å². The van der Waals surface area contributed by atoms with E-state index in [1.54, 1.807) is 4.90 Å². The fourth-order valence-corrected chi connectivity index (χ4v) is 5.16. The minimum atomic E-state index is 0.0155. The van der Waals surface area contributed by atoms with E-state index in [1.165, 1.54) is 5.56 Å². The van der Waals surface area contributed by atoms with Crippen molar-refractivity contribution in [2.75, 3.05) is 27.2 Å². The molecule has 6 heteroatoms. The number of piperidine rings is 1. The van der Waals surface area contributed by atoms with E-state index >= 15 is 0 Å². The maximum atomic E-state index is 12.5. The number of imidazole rings is 1. The molecule has 0 unspecified atom stereocenters. The van der Waals surface area contributed by atoms with Gasteiger partial charge in [0.1, 0.15) is 0 Å². The number of fused-ring (bicyclic) bond motifs is 1. The second-order valence-corrected chi connectivity index (χ2v) is 8.83. The summed E-state index contributed by atoms with van der Waals surface area (Å²) in [4.78, 5) is 32.1. The fourth-order valence-electron chi connectivity index (χ4n) is 5.16. The molecule has 1 amide bonds. The molecular weight excluding hydrogens is 352 g/mol. The molecule has 2 aromatic rings. The molecule has 6 nitrogen and oxygen atoms in total. The topological polar surface area (TPSA) is 61.3 Å². The number of carbonyl (C=O) groups excluding carboxylic acids is 1. The first-order chi connectivity index (χ1) is 13.4. The Morgan fingerprint density at radius 1 is 1.04 bits per heavy atom. The van der Waals surface area contributed by atoms with E-state index in [-0.39, 0.29) is 23.6 Å².